The molecule has 17 heavy (non-hydrogen) atoms. The number of aromatic nitrogens is 4. The van der Waals surface area contributed by atoms with E-state index in [1.165, 1.54) is 0 Å². The molecule has 0 fully saturated rings. The van der Waals surface area contributed by atoms with E-state index in [-0.39, 0.29) is 12.1 Å². The van der Waals surface area contributed by atoms with Crippen LogP contribution >= 0.6 is 11.6 Å². The lowest BCUT2D eigenvalue weighted by atomic mass is 10.1. The molecule has 92 valence electrons. The van der Waals surface area contributed by atoms with E-state index in [1.807, 2.05) is 31.8 Å². The maximum absolute atomic E-state index is 6.21. The van der Waals surface area contributed by atoms with Gasteiger partial charge in [-0.1, -0.05) is 11.6 Å². The minimum absolute atomic E-state index is 0.222. The quantitative estimate of drug-likeness (QED) is 0.909. The average molecular weight is 254 g/mol. The summed E-state index contributed by atoms with van der Waals surface area (Å²) in [7, 11) is 1.86. The Hall–Kier alpha value is -1.33. The Balaban J connectivity index is 2.43. The number of rotatable bonds is 3. The molecule has 5 nitrogen and oxygen atoms in total. The van der Waals surface area contributed by atoms with Crippen molar-refractivity contribution < 1.29 is 0 Å². The van der Waals surface area contributed by atoms with Gasteiger partial charge in [0.25, 0.3) is 0 Å². The summed E-state index contributed by atoms with van der Waals surface area (Å²) < 4.78 is 3.57. The molecule has 0 amide bonds. The van der Waals surface area contributed by atoms with E-state index in [0.29, 0.717) is 5.02 Å². The lowest BCUT2D eigenvalue weighted by Gasteiger charge is -2.16. The monoisotopic (exact) mass is 253 g/mol. The molecule has 0 aliphatic heterocycles. The second kappa shape index (κ2) is 4.50. The summed E-state index contributed by atoms with van der Waals surface area (Å²) in [5.74, 6) is 0. The average Bonchev–Trinajstić information content (AvgIpc) is 2.83. The van der Waals surface area contributed by atoms with Crippen molar-refractivity contribution in [2.24, 2.45) is 12.8 Å². The molecule has 0 spiro atoms. The van der Waals surface area contributed by atoms with Crippen molar-refractivity contribution in [3.8, 4) is 0 Å². The second-order valence-corrected chi connectivity index (χ2v) is 4.75. The van der Waals surface area contributed by atoms with Gasteiger partial charge in [-0.3, -0.25) is 9.36 Å². The fraction of sp³-hybridized carbons (Fsp3) is 0.455. The number of hydrogen-bond donors (Lipinski definition) is 1. The molecular weight excluding hydrogens is 238 g/mol. The zero-order valence-corrected chi connectivity index (χ0v) is 10.9. The Kier molecular flexibility index (Phi) is 3.22. The molecule has 6 heteroatoms. The fourth-order valence-electron chi connectivity index (χ4n) is 1.81. The molecule has 2 heterocycles. The van der Waals surface area contributed by atoms with Crippen LogP contribution in [0.5, 0.6) is 0 Å². The van der Waals surface area contributed by atoms with Crippen LogP contribution in [0.3, 0.4) is 0 Å². The number of nitrogens with zero attached hydrogens (tertiary/aromatic N) is 4. The van der Waals surface area contributed by atoms with Gasteiger partial charge in [0.05, 0.1) is 29.2 Å². The molecule has 0 aliphatic rings. The highest BCUT2D eigenvalue weighted by molar-refractivity contribution is 6.31. The first kappa shape index (κ1) is 12.1. The highest BCUT2D eigenvalue weighted by Gasteiger charge is 2.20. The largest absolute Gasteiger partial charge is 0.319 e. The van der Waals surface area contributed by atoms with Crippen molar-refractivity contribution in [2.45, 2.75) is 25.9 Å². The minimum atomic E-state index is -0.305. The molecule has 2 aromatic heterocycles. The molecule has 1 atom stereocenters. The maximum Gasteiger partial charge on any atom is 0.0837 e. The van der Waals surface area contributed by atoms with Gasteiger partial charge in [-0.2, -0.15) is 10.2 Å². The molecule has 0 bridgehead atoms. The van der Waals surface area contributed by atoms with E-state index in [2.05, 4.69) is 10.2 Å². The summed E-state index contributed by atoms with van der Waals surface area (Å²) in [4.78, 5) is 0. The van der Waals surface area contributed by atoms with Gasteiger partial charge in [0, 0.05) is 24.8 Å². The molecule has 2 aromatic rings. The first-order chi connectivity index (χ1) is 8.00. The summed E-state index contributed by atoms with van der Waals surface area (Å²) in [6.07, 6.45) is 5.27. The number of aryl methyl sites for hydroxylation is 1. The summed E-state index contributed by atoms with van der Waals surface area (Å²) in [6, 6.07) is -0.0821. The summed E-state index contributed by atoms with van der Waals surface area (Å²) in [5.41, 5.74) is 7.97. The van der Waals surface area contributed by atoms with Crippen LogP contribution in [0.25, 0.3) is 0 Å². The Morgan fingerprint density at radius 1 is 1.29 bits per heavy atom. The van der Waals surface area contributed by atoms with E-state index in [4.69, 9.17) is 17.3 Å². The van der Waals surface area contributed by atoms with Gasteiger partial charge in [0.2, 0.25) is 0 Å². The first-order valence-electron chi connectivity index (χ1n) is 5.47. The Morgan fingerprint density at radius 3 is 2.53 bits per heavy atom. The predicted octanol–water partition coefficient (Wildman–Crippen LogP) is 1.90. The molecule has 0 aromatic carbocycles. The predicted molar refractivity (Wildman–Crippen MR) is 66.9 cm³/mol. The summed E-state index contributed by atoms with van der Waals surface area (Å²) in [6.45, 7) is 4.09. The second-order valence-electron chi connectivity index (χ2n) is 4.34. The third-order valence-electron chi connectivity index (χ3n) is 2.65. The van der Waals surface area contributed by atoms with Crippen molar-refractivity contribution in [3.63, 3.8) is 0 Å². The number of hydrogen-bond acceptors (Lipinski definition) is 3. The molecule has 0 saturated carbocycles. The van der Waals surface area contributed by atoms with Gasteiger partial charge in [-0.15, -0.1) is 0 Å². The van der Waals surface area contributed by atoms with Crippen LogP contribution in [0.4, 0.5) is 0 Å². The zero-order valence-electron chi connectivity index (χ0n) is 10.1. The van der Waals surface area contributed by atoms with E-state index in [9.17, 15) is 0 Å². The van der Waals surface area contributed by atoms with Crippen molar-refractivity contribution >= 4 is 11.6 Å². The maximum atomic E-state index is 6.21. The van der Waals surface area contributed by atoms with Crippen LogP contribution < -0.4 is 5.73 Å². The minimum Gasteiger partial charge on any atom is -0.319 e. The molecule has 1 unspecified atom stereocenters. The van der Waals surface area contributed by atoms with Crippen molar-refractivity contribution in [2.75, 3.05) is 0 Å². The summed E-state index contributed by atoms with van der Waals surface area (Å²) >= 11 is 6.15. The smallest absolute Gasteiger partial charge is 0.0837 e. The van der Waals surface area contributed by atoms with Crippen LogP contribution in [-0.2, 0) is 7.05 Å². The highest BCUT2D eigenvalue weighted by atomic mass is 35.5. The molecular formula is C11H16ClN5. The molecule has 0 saturated heterocycles. The normalized spacial score (nSPS) is 13.3. The lowest BCUT2D eigenvalue weighted by Crippen LogP contribution is -2.18. The Bertz CT molecular complexity index is 514. The van der Waals surface area contributed by atoms with E-state index in [1.54, 1.807) is 17.1 Å². The van der Waals surface area contributed by atoms with Crippen molar-refractivity contribution in [1.82, 2.24) is 19.6 Å². The SMILES string of the molecule is CC(C)n1ncc(Cl)c1C(N)c1cnn(C)c1. The van der Waals surface area contributed by atoms with E-state index < -0.39 is 0 Å². The topological polar surface area (TPSA) is 61.7 Å². The van der Waals surface area contributed by atoms with Gasteiger partial charge in [0.15, 0.2) is 0 Å². The van der Waals surface area contributed by atoms with Crippen LogP contribution in [0.15, 0.2) is 18.6 Å². The van der Waals surface area contributed by atoms with Crippen LogP contribution in [-0.4, -0.2) is 19.6 Å². The Labute approximate surface area is 105 Å². The number of nitrogens with two attached hydrogens (primary N) is 1. The third-order valence-corrected chi connectivity index (χ3v) is 2.95. The van der Waals surface area contributed by atoms with Crippen molar-refractivity contribution in [1.29, 1.82) is 0 Å². The van der Waals surface area contributed by atoms with Gasteiger partial charge in [0.1, 0.15) is 0 Å². The molecule has 2 N–H and O–H groups in total. The third kappa shape index (κ3) is 2.21. The van der Waals surface area contributed by atoms with Crippen molar-refractivity contribution in [3.05, 3.63) is 34.9 Å². The Morgan fingerprint density at radius 2 is 2.00 bits per heavy atom. The number of halogens is 1. The molecule has 0 aliphatic carbocycles. The fourth-order valence-corrected chi connectivity index (χ4v) is 2.06. The van der Waals surface area contributed by atoms with Crippen LogP contribution in [0.1, 0.15) is 37.2 Å². The van der Waals surface area contributed by atoms with E-state index >= 15 is 0 Å². The highest BCUT2D eigenvalue weighted by Crippen LogP contribution is 2.28. The van der Waals surface area contributed by atoms with Crippen LogP contribution in [0.2, 0.25) is 5.02 Å². The van der Waals surface area contributed by atoms with Crippen LogP contribution in [0, 0.1) is 0 Å². The van der Waals surface area contributed by atoms with Gasteiger partial charge in [-0.25, -0.2) is 0 Å². The first-order valence-corrected chi connectivity index (χ1v) is 5.85. The molecule has 0 radical (unpaired) electrons. The standard InChI is InChI=1S/C11H16ClN5/c1-7(2)17-11(9(12)5-15-17)10(13)8-4-14-16(3)6-8/h4-7,10H,13H2,1-3H3. The van der Waals surface area contributed by atoms with Gasteiger partial charge < -0.3 is 5.73 Å². The van der Waals surface area contributed by atoms with E-state index in [0.717, 1.165) is 11.3 Å². The summed E-state index contributed by atoms with van der Waals surface area (Å²) in [5, 5.41) is 8.95. The zero-order chi connectivity index (χ0) is 12.6. The van der Waals surface area contributed by atoms with Gasteiger partial charge in [-0.05, 0) is 13.8 Å². The molecule has 2 rings (SSSR count). The van der Waals surface area contributed by atoms with Gasteiger partial charge >= 0.3 is 0 Å². The lowest BCUT2D eigenvalue weighted by molar-refractivity contribution is 0.499.